The number of rotatable bonds is 4. The lowest BCUT2D eigenvalue weighted by Gasteiger charge is -2.04. The highest BCUT2D eigenvalue weighted by molar-refractivity contribution is 5.97. The maximum Gasteiger partial charge on any atom is 0.306 e. The van der Waals surface area contributed by atoms with Crippen LogP contribution in [0.5, 0.6) is 0 Å². The summed E-state index contributed by atoms with van der Waals surface area (Å²) in [6.45, 7) is 1.44. The lowest BCUT2D eigenvalue weighted by molar-refractivity contribution is -0.141. The molecule has 15 heavy (non-hydrogen) atoms. The van der Waals surface area contributed by atoms with Crippen LogP contribution in [0, 0.1) is 11.7 Å². The van der Waals surface area contributed by atoms with Crippen LogP contribution in [0.25, 0.3) is 0 Å². The van der Waals surface area contributed by atoms with E-state index in [-0.39, 0.29) is 17.8 Å². The number of Topliss-reactive ketones (excluding diaryl/α,β-unsaturated/α-hetero) is 1. The lowest BCUT2D eigenvalue weighted by Crippen LogP contribution is -2.14. The molecule has 4 heteroatoms. The third kappa shape index (κ3) is 3.16. The third-order valence-electron chi connectivity index (χ3n) is 2.06. The Morgan fingerprint density at radius 3 is 2.67 bits per heavy atom. The monoisotopic (exact) mass is 210 g/mol. The first-order valence-corrected chi connectivity index (χ1v) is 4.52. The highest BCUT2D eigenvalue weighted by atomic mass is 19.1. The molecule has 0 saturated carbocycles. The van der Waals surface area contributed by atoms with Crippen molar-refractivity contribution in [2.24, 2.45) is 5.92 Å². The summed E-state index contributed by atoms with van der Waals surface area (Å²) in [5.74, 6) is -2.63. The number of ketones is 1. The molecule has 0 fully saturated rings. The van der Waals surface area contributed by atoms with Crippen molar-refractivity contribution in [3.8, 4) is 0 Å². The van der Waals surface area contributed by atoms with Crippen molar-refractivity contribution >= 4 is 11.8 Å². The molecule has 0 saturated heterocycles. The van der Waals surface area contributed by atoms with Crippen LogP contribution in [0.15, 0.2) is 24.3 Å². The van der Waals surface area contributed by atoms with E-state index in [2.05, 4.69) is 0 Å². The van der Waals surface area contributed by atoms with Gasteiger partial charge in [0.15, 0.2) is 5.78 Å². The standard InChI is InChI=1S/C11H11FO3/c1-7(11(14)15)5-10(13)8-3-2-4-9(12)6-8/h2-4,6-7H,5H2,1H3,(H,14,15). The molecular formula is C11H11FO3. The Hall–Kier alpha value is -1.71. The van der Waals surface area contributed by atoms with Crippen molar-refractivity contribution in [2.75, 3.05) is 0 Å². The molecule has 0 bridgehead atoms. The SMILES string of the molecule is CC(CC(=O)c1cccc(F)c1)C(=O)O. The fourth-order valence-corrected chi connectivity index (χ4v) is 1.15. The molecule has 3 nitrogen and oxygen atoms in total. The molecule has 0 radical (unpaired) electrons. The Bertz CT molecular complexity index is 387. The van der Waals surface area contributed by atoms with Gasteiger partial charge in [-0.25, -0.2) is 4.39 Å². The van der Waals surface area contributed by atoms with Gasteiger partial charge in [-0.1, -0.05) is 19.1 Å². The second-order valence-electron chi connectivity index (χ2n) is 3.38. The van der Waals surface area contributed by atoms with E-state index in [9.17, 15) is 14.0 Å². The van der Waals surface area contributed by atoms with Gasteiger partial charge in [0.2, 0.25) is 0 Å². The minimum Gasteiger partial charge on any atom is -0.481 e. The zero-order valence-corrected chi connectivity index (χ0v) is 8.24. The Morgan fingerprint density at radius 2 is 2.13 bits per heavy atom. The first-order chi connectivity index (χ1) is 7.00. The summed E-state index contributed by atoms with van der Waals surface area (Å²) in [6, 6.07) is 5.24. The van der Waals surface area contributed by atoms with E-state index < -0.39 is 17.7 Å². The fourth-order valence-electron chi connectivity index (χ4n) is 1.15. The summed E-state index contributed by atoms with van der Waals surface area (Å²) in [4.78, 5) is 22.0. The molecule has 1 aromatic rings. The lowest BCUT2D eigenvalue weighted by atomic mass is 10.00. The molecule has 0 amide bonds. The minimum absolute atomic E-state index is 0.112. The summed E-state index contributed by atoms with van der Waals surface area (Å²) in [5.41, 5.74) is 0.211. The minimum atomic E-state index is -1.03. The molecule has 0 aliphatic rings. The summed E-state index contributed by atoms with van der Waals surface area (Å²) < 4.78 is 12.8. The number of carbonyl (C=O) groups is 2. The molecule has 0 heterocycles. The topological polar surface area (TPSA) is 54.4 Å². The van der Waals surface area contributed by atoms with Gasteiger partial charge < -0.3 is 5.11 Å². The van der Waals surface area contributed by atoms with Crippen molar-refractivity contribution in [1.29, 1.82) is 0 Å². The number of carboxylic acid groups (broad SMARTS) is 1. The molecular weight excluding hydrogens is 199 g/mol. The second kappa shape index (κ2) is 4.68. The number of carbonyl (C=O) groups excluding carboxylic acids is 1. The van der Waals surface area contributed by atoms with E-state index in [1.165, 1.54) is 25.1 Å². The van der Waals surface area contributed by atoms with Gasteiger partial charge in [-0.3, -0.25) is 9.59 Å². The molecule has 1 aromatic carbocycles. The van der Waals surface area contributed by atoms with Gasteiger partial charge >= 0.3 is 5.97 Å². The van der Waals surface area contributed by atoms with Crippen LogP contribution in [0.4, 0.5) is 4.39 Å². The normalized spacial score (nSPS) is 12.1. The van der Waals surface area contributed by atoms with Crippen molar-refractivity contribution < 1.29 is 19.1 Å². The zero-order chi connectivity index (χ0) is 11.4. The van der Waals surface area contributed by atoms with E-state index >= 15 is 0 Å². The summed E-state index contributed by atoms with van der Waals surface area (Å²) in [5, 5.41) is 8.61. The zero-order valence-electron chi connectivity index (χ0n) is 8.24. The highest BCUT2D eigenvalue weighted by Crippen LogP contribution is 2.11. The largest absolute Gasteiger partial charge is 0.481 e. The quantitative estimate of drug-likeness (QED) is 0.774. The number of hydrogen-bond acceptors (Lipinski definition) is 2. The first kappa shape index (κ1) is 11.4. The molecule has 0 aliphatic heterocycles. The van der Waals surface area contributed by atoms with Crippen LogP contribution in [-0.4, -0.2) is 16.9 Å². The van der Waals surface area contributed by atoms with Gasteiger partial charge in [0.1, 0.15) is 5.82 Å². The number of benzene rings is 1. The van der Waals surface area contributed by atoms with Crippen molar-refractivity contribution in [3.63, 3.8) is 0 Å². The Balaban J connectivity index is 2.73. The molecule has 1 rings (SSSR count). The van der Waals surface area contributed by atoms with E-state index in [4.69, 9.17) is 5.11 Å². The molecule has 0 spiro atoms. The van der Waals surface area contributed by atoms with Crippen LogP contribution < -0.4 is 0 Å². The molecule has 1 atom stereocenters. The van der Waals surface area contributed by atoms with Crippen molar-refractivity contribution in [3.05, 3.63) is 35.6 Å². The number of halogens is 1. The Morgan fingerprint density at radius 1 is 1.47 bits per heavy atom. The summed E-state index contributed by atoms with van der Waals surface area (Å²) >= 11 is 0. The number of aliphatic carboxylic acids is 1. The fraction of sp³-hybridized carbons (Fsp3) is 0.273. The molecule has 1 N–H and O–H groups in total. The van der Waals surface area contributed by atoms with Gasteiger partial charge in [0.25, 0.3) is 0 Å². The predicted molar refractivity (Wildman–Crippen MR) is 52.1 cm³/mol. The third-order valence-corrected chi connectivity index (χ3v) is 2.06. The molecule has 1 unspecified atom stereocenters. The molecule has 0 aromatic heterocycles. The number of carboxylic acids is 1. The van der Waals surface area contributed by atoms with Crippen LogP contribution in [0.3, 0.4) is 0 Å². The van der Waals surface area contributed by atoms with Gasteiger partial charge in [-0.05, 0) is 12.1 Å². The summed E-state index contributed by atoms with van der Waals surface area (Å²) in [7, 11) is 0. The predicted octanol–water partition coefficient (Wildman–Crippen LogP) is 2.12. The first-order valence-electron chi connectivity index (χ1n) is 4.52. The van der Waals surface area contributed by atoms with Gasteiger partial charge in [-0.15, -0.1) is 0 Å². The maximum atomic E-state index is 12.8. The van der Waals surface area contributed by atoms with Crippen LogP contribution in [-0.2, 0) is 4.79 Å². The van der Waals surface area contributed by atoms with Crippen LogP contribution >= 0.6 is 0 Å². The van der Waals surface area contributed by atoms with Crippen molar-refractivity contribution in [2.45, 2.75) is 13.3 Å². The second-order valence-corrected chi connectivity index (χ2v) is 3.38. The molecule has 0 aliphatic carbocycles. The highest BCUT2D eigenvalue weighted by Gasteiger charge is 2.17. The van der Waals surface area contributed by atoms with E-state index in [1.54, 1.807) is 0 Å². The Kier molecular flexibility index (Phi) is 3.55. The van der Waals surface area contributed by atoms with E-state index in [1.807, 2.05) is 0 Å². The van der Waals surface area contributed by atoms with E-state index in [0.717, 1.165) is 6.07 Å². The van der Waals surface area contributed by atoms with Gasteiger partial charge in [0, 0.05) is 12.0 Å². The van der Waals surface area contributed by atoms with Crippen molar-refractivity contribution in [1.82, 2.24) is 0 Å². The van der Waals surface area contributed by atoms with Crippen LogP contribution in [0.2, 0.25) is 0 Å². The maximum absolute atomic E-state index is 12.8. The smallest absolute Gasteiger partial charge is 0.306 e. The summed E-state index contributed by atoms with van der Waals surface area (Å²) in [6.07, 6.45) is -0.112. The number of hydrogen-bond donors (Lipinski definition) is 1. The van der Waals surface area contributed by atoms with E-state index in [0.29, 0.717) is 0 Å². The average Bonchev–Trinajstić information content (AvgIpc) is 2.17. The van der Waals surface area contributed by atoms with Gasteiger partial charge in [0.05, 0.1) is 5.92 Å². The average molecular weight is 210 g/mol. The Labute approximate surface area is 86.5 Å². The van der Waals surface area contributed by atoms with Gasteiger partial charge in [-0.2, -0.15) is 0 Å². The van der Waals surface area contributed by atoms with Crippen LogP contribution in [0.1, 0.15) is 23.7 Å². The molecule has 80 valence electrons.